The number of urea groups is 1. The third-order valence-electron chi connectivity index (χ3n) is 7.68. The third-order valence-corrected chi connectivity index (χ3v) is 7.68. The Hall–Kier alpha value is -1.03. The summed E-state index contributed by atoms with van der Waals surface area (Å²) < 4.78 is 34.4. The number of nitrogens with one attached hydrogen (secondary N) is 2. The van der Waals surface area contributed by atoms with Crippen molar-refractivity contribution < 1.29 is 103 Å². The van der Waals surface area contributed by atoms with E-state index in [4.69, 9.17) is 28.4 Å². The second kappa shape index (κ2) is 22.0. The molecule has 10 atom stereocenters. The number of hydrogen-bond acceptors (Lipinski definition) is 14. The molecule has 6 N–H and O–H groups in total. The predicted molar refractivity (Wildman–Crippen MR) is 161 cm³/mol. The van der Waals surface area contributed by atoms with Gasteiger partial charge < -0.3 is 69.0 Å². The van der Waals surface area contributed by atoms with Crippen molar-refractivity contribution in [1.29, 1.82) is 0 Å². The topological polar surface area (TPSA) is 230 Å². The standard InChI is InChI=1S/C30H55N3O14.Na/c1-8-31-30(41)33(11-9-10-32(6)7)20(34)14-42-12-18-28(23(38)22(37)26(45-18)16(2)3)47-29-25(40)24(39)27(44-17(4)5)19(46-29)13-43-15-21(35)36;/h16-19,22-29,37-40H,8-15H2,1-7H3,(H,31,41)(H,35,36);/q;+1. The number of carbonyl (C=O) groups is 3. The van der Waals surface area contributed by atoms with Gasteiger partial charge in [0.2, 0.25) is 0 Å². The molecule has 10 unspecified atom stereocenters. The summed E-state index contributed by atoms with van der Waals surface area (Å²) in [6.07, 6.45) is -13.3. The number of rotatable bonds is 18. The van der Waals surface area contributed by atoms with Crippen LogP contribution in [0.15, 0.2) is 0 Å². The predicted octanol–water partition coefficient (Wildman–Crippen LogP) is -7.36. The van der Waals surface area contributed by atoms with Crippen LogP contribution in [0.4, 0.5) is 4.79 Å². The van der Waals surface area contributed by atoms with E-state index >= 15 is 0 Å². The SMILES string of the molecule is CCNC(=O)N(CCC[NH+](C)C)C(=O)COCC1OC(C(C)C)C(O)C(O)C1OC1OC(COCC(=O)[O-])C(OC(C)C)C(O)C1O.[Na+]. The number of ether oxygens (including phenoxy) is 6. The van der Waals surface area contributed by atoms with Gasteiger partial charge in [-0.2, -0.15) is 0 Å². The maximum absolute atomic E-state index is 13.0. The summed E-state index contributed by atoms with van der Waals surface area (Å²) in [5, 5.41) is 57.4. The summed E-state index contributed by atoms with van der Waals surface area (Å²) in [5.74, 6) is -2.32. The minimum absolute atomic E-state index is 0. The third kappa shape index (κ3) is 13.6. The average molecular weight is 705 g/mol. The van der Waals surface area contributed by atoms with Crippen LogP contribution in [0.3, 0.4) is 0 Å². The van der Waals surface area contributed by atoms with Gasteiger partial charge in [0.15, 0.2) is 6.29 Å². The molecule has 0 aliphatic carbocycles. The second-order valence-electron chi connectivity index (χ2n) is 12.7. The van der Waals surface area contributed by atoms with Crippen molar-refractivity contribution in [2.24, 2.45) is 5.92 Å². The number of carbonyl (C=O) groups excluding carboxylic acids is 3. The largest absolute Gasteiger partial charge is 1.00 e. The van der Waals surface area contributed by atoms with Crippen LogP contribution in [0, 0.1) is 5.92 Å². The van der Waals surface area contributed by atoms with Crippen LogP contribution in [0.25, 0.3) is 0 Å². The molecule has 2 rings (SSSR count). The Morgan fingerprint density at radius 2 is 1.48 bits per heavy atom. The number of aliphatic hydroxyl groups is 4. The average Bonchev–Trinajstić information content (AvgIpc) is 2.98. The Morgan fingerprint density at radius 3 is 2.02 bits per heavy atom. The number of hydrogen-bond donors (Lipinski definition) is 6. The molecule has 0 aromatic rings. The number of aliphatic hydroxyl groups excluding tert-OH is 4. The normalized spacial score (nSPS) is 30.7. The molecule has 0 radical (unpaired) electrons. The quantitative estimate of drug-likeness (QED) is 0.0729. The molecule has 2 aliphatic heterocycles. The number of amides is 3. The zero-order valence-electron chi connectivity index (χ0n) is 29.4. The smallest absolute Gasteiger partial charge is 0.548 e. The van der Waals surface area contributed by atoms with Crippen molar-refractivity contribution in [2.45, 2.75) is 108 Å². The van der Waals surface area contributed by atoms with Gasteiger partial charge in [-0.25, -0.2) is 4.79 Å². The second-order valence-corrected chi connectivity index (χ2v) is 12.7. The number of nitrogens with zero attached hydrogens (tertiary/aromatic N) is 1. The fourth-order valence-corrected chi connectivity index (χ4v) is 5.39. The van der Waals surface area contributed by atoms with Crippen molar-refractivity contribution >= 4 is 17.9 Å². The van der Waals surface area contributed by atoms with Gasteiger partial charge in [-0.15, -0.1) is 0 Å². The molecular formula is C30H55N3NaO14+. The molecule has 0 spiro atoms. The van der Waals surface area contributed by atoms with Gasteiger partial charge in [0.1, 0.15) is 55.4 Å². The number of aliphatic carboxylic acids is 1. The Labute approximate surface area is 304 Å². The summed E-state index contributed by atoms with van der Waals surface area (Å²) in [6.45, 7) is 7.95. The first-order chi connectivity index (χ1) is 22.1. The van der Waals surface area contributed by atoms with Crippen molar-refractivity contribution in [2.75, 3.05) is 60.2 Å². The number of imide groups is 1. The Bertz CT molecular complexity index is 979. The fourth-order valence-electron chi connectivity index (χ4n) is 5.39. The first-order valence-corrected chi connectivity index (χ1v) is 16.2. The van der Waals surface area contributed by atoms with E-state index < -0.39 is 98.5 Å². The van der Waals surface area contributed by atoms with Crippen LogP contribution in [0.1, 0.15) is 41.0 Å². The molecule has 3 amide bonds. The summed E-state index contributed by atoms with van der Waals surface area (Å²) in [6, 6.07) is -0.553. The molecule has 2 saturated heterocycles. The van der Waals surface area contributed by atoms with E-state index in [1.54, 1.807) is 34.6 Å². The van der Waals surface area contributed by atoms with Gasteiger partial charge in [0.05, 0.1) is 58.6 Å². The van der Waals surface area contributed by atoms with Crippen LogP contribution < -0.4 is 44.9 Å². The van der Waals surface area contributed by atoms with E-state index in [0.29, 0.717) is 13.0 Å². The van der Waals surface area contributed by atoms with Gasteiger partial charge >= 0.3 is 35.6 Å². The van der Waals surface area contributed by atoms with E-state index in [1.807, 2.05) is 14.1 Å². The molecule has 2 fully saturated rings. The molecule has 0 aromatic carbocycles. The van der Waals surface area contributed by atoms with E-state index in [9.17, 15) is 39.9 Å². The molecule has 2 aliphatic rings. The Morgan fingerprint density at radius 1 is 0.896 bits per heavy atom. The molecule has 0 aromatic heterocycles. The molecule has 0 bridgehead atoms. The first kappa shape index (κ1) is 45.0. The van der Waals surface area contributed by atoms with E-state index in [1.165, 1.54) is 0 Å². The summed E-state index contributed by atoms with van der Waals surface area (Å²) >= 11 is 0. The maximum Gasteiger partial charge on any atom is 1.00 e. The van der Waals surface area contributed by atoms with E-state index in [-0.39, 0.29) is 55.2 Å². The van der Waals surface area contributed by atoms with E-state index in [2.05, 4.69) is 5.32 Å². The minimum Gasteiger partial charge on any atom is -0.548 e. The summed E-state index contributed by atoms with van der Waals surface area (Å²) in [4.78, 5) is 38.7. The zero-order valence-corrected chi connectivity index (χ0v) is 31.4. The van der Waals surface area contributed by atoms with Gasteiger partial charge in [-0.3, -0.25) is 9.69 Å². The molecule has 274 valence electrons. The summed E-state index contributed by atoms with van der Waals surface area (Å²) in [5.41, 5.74) is 0. The first-order valence-electron chi connectivity index (χ1n) is 16.2. The van der Waals surface area contributed by atoms with Gasteiger partial charge in [-0.1, -0.05) is 13.8 Å². The number of carboxylic acid groups (broad SMARTS) is 1. The van der Waals surface area contributed by atoms with Crippen LogP contribution in [-0.2, 0) is 38.0 Å². The van der Waals surface area contributed by atoms with Gasteiger partial charge in [-0.05, 0) is 26.7 Å². The molecule has 17 nitrogen and oxygen atoms in total. The van der Waals surface area contributed by atoms with Crippen molar-refractivity contribution in [1.82, 2.24) is 10.2 Å². The molecular weight excluding hydrogens is 649 g/mol. The Kier molecular flexibility index (Phi) is 20.6. The fraction of sp³-hybridized carbons (Fsp3) is 0.900. The van der Waals surface area contributed by atoms with Gasteiger partial charge in [0, 0.05) is 19.5 Å². The van der Waals surface area contributed by atoms with Crippen LogP contribution in [-0.4, -0.2) is 171 Å². The minimum atomic E-state index is -1.71. The number of quaternary nitrogens is 1. The van der Waals surface area contributed by atoms with Crippen molar-refractivity contribution in [3.63, 3.8) is 0 Å². The Balaban J connectivity index is 0.0000115. The molecule has 18 heteroatoms. The van der Waals surface area contributed by atoms with Crippen LogP contribution >= 0.6 is 0 Å². The zero-order chi connectivity index (χ0) is 35.4. The van der Waals surface area contributed by atoms with Crippen LogP contribution in [0.5, 0.6) is 0 Å². The molecule has 48 heavy (non-hydrogen) atoms. The van der Waals surface area contributed by atoms with Crippen LogP contribution in [0.2, 0.25) is 0 Å². The number of carboxylic acids is 1. The van der Waals surface area contributed by atoms with Crippen molar-refractivity contribution in [3.05, 3.63) is 0 Å². The van der Waals surface area contributed by atoms with Gasteiger partial charge in [0.25, 0.3) is 5.91 Å². The van der Waals surface area contributed by atoms with E-state index in [0.717, 1.165) is 16.3 Å². The summed E-state index contributed by atoms with van der Waals surface area (Å²) in [7, 11) is 3.92. The molecule has 0 saturated carbocycles. The molecule has 2 heterocycles. The monoisotopic (exact) mass is 704 g/mol. The van der Waals surface area contributed by atoms with Crippen molar-refractivity contribution in [3.8, 4) is 0 Å². The maximum atomic E-state index is 13.0.